The number of anilines is 2. The van der Waals surface area contributed by atoms with Crippen molar-refractivity contribution in [2.45, 2.75) is 32.9 Å². The molecule has 0 spiro atoms. The number of nitrogens with zero attached hydrogens (tertiary/aromatic N) is 1. The van der Waals surface area contributed by atoms with Gasteiger partial charge in [0.25, 0.3) is 5.56 Å². The third-order valence-electron chi connectivity index (χ3n) is 5.01. The zero-order valence-corrected chi connectivity index (χ0v) is 18.3. The first-order chi connectivity index (χ1) is 15.5. The first-order valence-electron chi connectivity index (χ1n) is 10.5. The van der Waals surface area contributed by atoms with Crippen molar-refractivity contribution in [3.63, 3.8) is 0 Å². The van der Waals surface area contributed by atoms with Crippen molar-refractivity contribution in [3.05, 3.63) is 92.1 Å². The fourth-order valence-corrected chi connectivity index (χ4v) is 3.37. The fourth-order valence-electron chi connectivity index (χ4n) is 3.37. The lowest BCUT2D eigenvalue weighted by molar-refractivity contribution is -0.116. The largest absolute Gasteiger partial charge is 0.383 e. The Morgan fingerprint density at radius 1 is 1.06 bits per heavy atom. The molecule has 0 radical (unpaired) electrons. The van der Waals surface area contributed by atoms with Gasteiger partial charge in [0.2, 0.25) is 5.91 Å². The summed E-state index contributed by atoms with van der Waals surface area (Å²) in [4.78, 5) is 40.1. The quantitative estimate of drug-likeness (QED) is 0.453. The lowest BCUT2D eigenvalue weighted by atomic mass is 10.1. The molecule has 0 aliphatic heterocycles. The monoisotopic (exact) mass is 436 g/mol. The van der Waals surface area contributed by atoms with Crippen LogP contribution in [0.15, 0.2) is 64.2 Å². The molecule has 32 heavy (non-hydrogen) atoms. The van der Waals surface area contributed by atoms with Gasteiger partial charge in [0.1, 0.15) is 11.5 Å². The first-order valence-corrected chi connectivity index (χ1v) is 10.5. The second kappa shape index (κ2) is 11.1. The van der Waals surface area contributed by atoms with Crippen molar-refractivity contribution in [3.8, 4) is 0 Å². The van der Waals surface area contributed by atoms with E-state index in [2.05, 4.69) is 15.6 Å². The van der Waals surface area contributed by atoms with Crippen LogP contribution < -0.4 is 21.9 Å². The highest BCUT2D eigenvalue weighted by molar-refractivity contribution is 5.93. The molecule has 168 valence electrons. The average molecular weight is 437 g/mol. The van der Waals surface area contributed by atoms with Gasteiger partial charge in [-0.25, -0.2) is 4.79 Å². The summed E-state index contributed by atoms with van der Waals surface area (Å²) in [6.45, 7) is 2.79. The van der Waals surface area contributed by atoms with Gasteiger partial charge in [-0.1, -0.05) is 60.2 Å². The van der Waals surface area contributed by atoms with Gasteiger partial charge in [-0.05, 0) is 24.5 Å². The SMILES string of the molecule is COCCn1c(NC(=O)CCc2cccc(C)c2)c(NCc2ccccc2)c(=O)[nH]c1=O. The Balaban J connectivity index is 1.85. The molecular formula is C24H28N4O4. The molecule has 0 aliphatic rings. The molecule has 0 fully saturated rings. The van der Waals surface area contributed by atoms with Gasteiger partial charge < -0.3 is 15.4 Å². The molecule has 3 aromatic rings. The molecule has 3 rings (SSSR count). The molecule has 3 N–H and O–H groups in total. The predicted molar refractivity (Wildman–Crippen MR) is 125 cm³/mol. The number of H-pyrrole nitrogens is 1. The number of rotatable bonds is 10. The Bertz CT molecular complexity index is 1170. The van der Waals surface area contributed by atoms with E-state index in [4.69, 9.17) is 4.74 Å². The minimum Gasteiger partial charge on any atom is -0.383 e. The third-order valence-corrected chi connectivity index (χ3v) is 5.01. The summed E-state index contributed by atoms with van der Waals surface area (Å²) in [5.74, 6) is -0.147. The molecule has 0 atom stereocenters. The normalized spacial score (nSPS) is 10.7. The average Bonchev–Trinajstić information content (AvgIpc) is 2.78. The highest BCUT2D eigenvalue weighted by Crippen LogP contribution is 2.17. The number of benzene rings is 2. The zero-order valence-electron chi connectivity index (χ0n) is 18.3. The summed E-state index contributed by atoms with van der Waals surface area (Å²) >= 11 is 0. The minimum absolute atomic E-state index is 0.133. The van der Waals surface area contributed by atoms with Gasteiger partial charge in [0.05, 0.1) is 13.2 Å². The van der Waals surface area contributed by atoms with E-state index in [-0.39, 0.29) is 37.0 Å². The van der Waals surface area contributed by atoms with Gasteiger partial charge in [-0.3, -0.25) is 19.1 Å². The molecule has 0 saturated heterocycles. The molecule has 0 bridgehead atoms. The van der Waals surface area contributed by atoms with E-state index in [1.807, 2.05) is 61.5 Å². The topological polar surface area (TPSA) is 105 Å². The molecule has 0 unspecified atom stereocenters. The molecule has 0 aliphatic carbocycles. The number of carbonyl (C=O) groups excluding carboxylic acids is 1. The number of carbonyl (C=O) groups is 1. The standard InChI is InChI=1S/C24H28N4O4/c1-17-7-6-10-18(15-17)11-12-20(29)26-22-21(25-16-19-8-4-3-5-9-19)23(30)27-24(31)28(22)13-14-32-2/h3-10,15,25H,11-14,16H2,1-2H3,(H,26,29)(H,27,30,31). The molecule has 0 saturated carbocycles. The van der Waals surface area contributed by atoms with Crippen molar-refractivity contribution in [2.24, 2.45) is 0 Å². The second-order valence-corrected chi connectivity index (χ2v) is 7.50. The molecule has 1 amide bonds. The van der Waals surface area contributed by atoms with Crippen molar-refractivity contribution in [1.82, 2.24) is 9.55 Å². The number of aromatic amines is 1. The summed E-state index contributed by atoms with van der Waals surface area (Å²) in [5, 5.41) is 5.85. The molecular weight excluding hydrogens is 408 g/mol. The Kier molecular flexibility index (Phi) is 7.99. The fraction of sp³-hybridized carbons (Fsp3) is 0.292. The van der Waals surface area contributed by atoms with Crippen LogP contribution in [0, 0.1) is 6.92 Å². The summed E-state index contributed by atoms with van der Waals surface area (Å²) in [6.07, 6.45) is 0.763. The summed E-state index contributed by atoms with van der Waals surface area (Å²) in [5.41, 5.74) is 2.06. The Morgan fingerprint density at radius 3 is 2.53 bits per heavy atom. The number of hydrogen-bond donors (Lipinski definition) is 3. The number of ether oxygens (including phenoxy) is 1. The summed E-state index contributed by atoms with van der Waals surface area (Å²) in [6, 6.07) is 17.5. The number of nitrogens with one attached hydrogen (secondary N) is 3. The molecule has 1 heterocycles. The summed E-state index contributed by atoms with van der Waals surface area (Å²) in [7, 11) is 1.52. The maximum absolute atomic E-state index is 12.7. The van der Waals surface area contributed by atoms with Crippen LogP contribution in [0.2, 0.25) is 0 Å². The smallest absolute Gasteiger partial charge is 0.330 e. The predicted octanol–water partition coefficient (Wildman–Crippen LogP) is 2.67. The van der Waals surface area contributed by atoms with Crippen molar-refractivity contribution in [1.29, 1.82) is 0 Å². The molecule has 2 aromatic carbocycles. The van der Waals surface area contributed by atoms with E-state index < -0.39 is 11.2 Å². The maximum atomic E-state index is 12.7. The third kappa shape index (κ3) is 6.18. The molecule has 1 aromatic heterocycles. The van der Waals surface area contributed by atoms with Crippen LogP contribution in [0.5, 0.6) is 0 Å². The highest BCUT2D eigenvalue weighted by atomic mass is 16.5. The molecule has 8 heteroatoms. The van der Waals surface area contributed by atoms with E-state index in [9.17, 15) is 14.4 Å². The zero-order chi connectivity index (χ0) is 22.9. The minimum atomic E-state index is -0.605. The Hall–Kier alpha value is -3.65. The first kappa shape index (κ1) is 23.0. The second-order valence-electron chi connectivity index (χ2n) is 7.50. The van der Waals surface area contributed by atoms with Crippen LogP contribution in [0.3, 0.4) is 0 Å². The van der Waals surface area contributed by atoms with Crippen LogP contribution in [0.4, 0.5) is 11.5 Å². The highest BCUT2D eigenvalue weighted by Gasteiger charge is 2.17. The van der Waals surface area contributed by atoms with Crippen LogP contribution in [0.25, 0.3) is 0 Å². The number of aromatic nitrogens is 2. The maximum Gasteiger partial charge on any atom is 0.330 e. The van der Waals surface area contributed by atoms with Crippen LogP contribution in [-0.2, 0) is 29.0 Å². The van der Waals surface area contributed by atoms with E-state index >= 15 is 0 Å². The lowest BCUT2D eigenvalue weighted by Crippen LogP contribution is -2.36. The van der Waals surface area contributed by atoms with E-state index in [0.29, 0.717) is 13.0 Å². The summed E-state index contributed by atoms with van der Waals surface area (Å²) < 4.78 is 6.40. The van der Waals surface area contributed by atoms with Gasteiger partial charge in [-0.15, -0.1) is 0 Å². The van der Waals surface area contributed by atoms with Gasteiger partial charge in [0, 0.05) is 20.1 Å². The van der Waals surface area contributed by atoms with Crippen molar-refractivity contribution in [2.75, 3.05) is 24.4 Å². The van der Waals surface area contributed by atoms with Gasteiger partial charge in [-0.2, -0.15) is 0 Å². The van der Waals surface area contributed by atoms with Gasteiger partial charge >= 0.3 is 5.69 Å². The van der Waals surface area contributed by atoms with Gasteiger partial charge in [0.15, 0.2) is 0 Å². The van der Waals surface area contributed by atoms with Crippen LogP contribution in [0.1, 0.15) is 23.1 Å². The van der Waals surface area contributed by atoms with Crippen LogP contribution in [-0.4, -0.2) is 29.2 Å². The van der Waals surface area contributed by atoms with Crippen LogP contribution >= 0.6 is 0 Å². The van der Waals surface area contributed by atoms with E-state index in [0.717, 1.165) is 16.7 Å². The number of hydrogen-bond acceptors (Lipinski definition) is 5. The molecule has 8 nitrogen and oxygen atoms in total. The van der Waals surface area contributed by atoms with Crippen molar-refractivity contribution >= 4 is 17.4 Å². The van der Waals surface area contributed by atoms with Crippen molar-refractivity contribution < 1.29 is 9.53 Å². The number of amides is 1. The Labute approximate surface area is 186 Å². The van der Waals surface area contributed by atoms with E-state index in [1.165, 1.54) is 11.7 Å². The lowest BCUT2D eigenvalue weighted by Gasteiger charge is -2.18. The van der Waals surface area contributed by atoms with E-state index in [1.54, 1.807) is 0 Å². The number of aryl methyl sites for hydroxylation is 2. The number of methoxy groups -OCH3 is 1. The Morgan fingerprint density at radius 2 is 1.81 bits per heavy atom.